The lowest BCUT2D eigenvalue weighted by atomic mass is 9.49. The Balaban J connectivity index is 1.48. The minimum absolute atomic E-state index is 0.0517. The van der Waals surface area contributed by atoms with Gasteiger partial charge in [-0.2, -0.15) is 13.7 Å². The summed E-state index contributed by atoms with van der Waals surface area (Å²) in [5.74, 6) is 0.270. The Morgan fingerprint density at radius 3 is 2.39 bits per heavy atom. The summed E-state index contributed by atoms with van der Waals surface area (Å²) in [6.07, 6.45) is 4.88. The molecule has 1 heterocycles. The predicted molar refractivity (Wildman–Crippen MR) is 171 cm³/mol. The molecule has 1 aliphatic rings. The van der Waals surface area contributed by atoms with Gasteiger partial charge in [-0.3, -0.25) is 14.0 Å². The molecule has 0 aliphatic heterocycles. The molecule has 0 bridgehead atoms. The summed E-state index contributed by atoms with van der Waals surface area (Å²) < 4.78 is 37.8. The number of hydrogen-bond acceptors (Lipinski definition) is 7. The summed E-state index contributed by atoms with van der Waals surface area (Å²) in [6.45, 7) is 12.2. The van der Waals surface area contributed by atoms with Gasteiger partial charge >= 0.3 is 0 Å². The lowest BCUT2D eigenvalue weighted by molar-refractivity contribution is -0.164. The largest absolute Gasteiger partial charge is 0.489 e. The molecule has 1 aromatic heterocycles. The predicted octanol–water partition coefficient (Wildman–Crippen LogP) is 7.48. The van der Waals surface area contributed by atoms with E-state index in [2.05, 4.69) is 17.2 Å². The van der Waals surface area contributed by atoms with Crippen molar-refractivity contribution < 1.29 is 22.1 Å². The number of halogens is 1. The molecule has 0 saturated heterocycles. The second-order valence-corrected chi connectivity index (χ2v) is 14.6. The maximum Gasteiger partial charge on any atom is 0.297 e. The number of carbonyl (C=O) groups is 1. The van der Waals surface area contributed by atoms with E-state index < -0.39 is 20.9 Å². The summed E-state index contributed by atoms with van der Waals surface area (Å²) >= 11 is 6.20. The second kappa shape index (κ2) is 13.3. The molecule has 4 rings (SSSR count). The highest BCUT2D eigenvalue weighted by molar-refractivity contribution is 7.87. The zero-order chi connectivity index (χ0) is 32.3. The summed E-state index contributed by atoms with van der Waals surface area (Å²) in [5.41, 5.74) is 1.62. The van der Waals surface area contributed by atoms with E-state index in [-0.39, 0.29) is 29.6 Å². The van der Waals surface area contributed by atoms with Gasteiger partial charge in [0.25, 0.3) is 16.0 Å². The van der Waals surface area contributed by atoms with E-state index in [1.54, 1.807) is 48.5 Å². The lowest BCUT2D eigenvalue weighted by Crippen LogP contribution is -2.74. The summed E-state index contributed by atoms with van der Waals surface area (Å²) in [7, 11) is -3.99. The van der Waals surface area contributed by atoms with Crippen LogP contribution in [0, 0.1) is 29.1 Å². The fourth-order valence-electron chi connectivity index (χ4n) is 6.32. The second-order valence-electron chi connectivity index (χ2n) is 12.6. The molecule has 1 fully saturated rings. The number of benzene rings is 2. The Kier molecular flexibility index (Phi) is 10.1. The van der Waals surface area contributed by atoms with Crippen LogP contribution in [0.15, 0.2) is 59.6 Å². The van der Waals surface area contributed by atoms with Crippen molar-refractivity contribution in [3.8, 4) is 23.1 Å². The number of pyridine rings is 1. The van der Waals surface area contributed by atoms with Crippen LogP contribution in [0.25, 0.3) is 11.3 Å². The summed E-state index contributed by atoms with van der Waals surface area (Å²) in [6, 6.07) is 15.1. The van der Waals surface area contributed by atoms with Gasteiger partial charge in [-0.25, -0.2) is 0 Å². The van der Waals surface area contributed by atoms with Gasteiger partial charge in [0.15, 0.2) is 0 Å². The summed E-state index contributed by atoms with van der Waals surface area (Å²) in [4.78, 5) is 17.9. The van der Waals surface area contributed by atoms with Crippen LogP contribution in [0.4, 0.5) is 0 Å². The molecule has 0 radical (unpaired) electrons. The van der Waals surface area contributed by atoms with Gasteiger partial charge in [0.05, 0.1) is 28.5 Å². The highest BCUT2D eigenvalue weighted by Gasteiger charge is 2.64. The number of ether oxygens (including phenoxy) is 1. The number of rotatable bonds is 12. The minimum Gasteiger partial charge on any atom is -0.489 e. The molecule has 0 atom stereocenters. The molecule has 2 aromatic carbocycles. The number of unbranched alkanes of at least 4 members (excludes halogenated alkanes) is 3. The number of aryl methyl sites for hydroxylation is 1. The van der Waals surface area contributed by atoms with Crippen LogP contribution < -0.4 is 10.1 Å². The number of nitrogens with one attached hydrogen (secondary N) is 1. The molecular weight excluding hydrogens is 598 g/mol. The van der Waals surface area contributed by atoms with Crippen molar-refractivity contribution in [3.05, 3.63) is 76.4 Å². The van der Waals surface area contributed by atoms with E-state index in [0.29, 0.717) is 39.6 Å². The van der Waals surface area contributed by atoms with E-state index in [4.69, 9.17) is 25.8 Å². The highest BCUT2D eigenvalue weighted by atomic mass is 35.5. The standard InChI is InChI=1S/C34H40ClN3O5S/c1-7-8-9-10-17-42-44(40,41)29-16-11-22(2)18-26(29)28-15-13-24(21-37-28)30(39)38-31-33(3,4)32(34(31,5)6)43-25-14-12-23(20-36)27(35)19-25/h11-16,18-19,21,31-32H,7-10,17H2,1-6H3,(H,38,39). The molecule has 3 aromatic rings. The number of nitrogens with zero attached hydrogens (tertiary/aromatic N) is 2. The molecular formula is C34H40ClN3O5S. The number of carbonyl (C=O) groups excluding carboxylic acids is 1. The van der Waals surface area contributed by atoms with Crippen LogP contribution in [-0.2, 0) is 14.3 Å². The maximum atomic E-state index is 13.4. The first-order valence-corrected chi connectivity index (χ1v) is 16.6. The normalized spacial score (nSPS) is 18.6. The fourth-order valence-corrected chi connectivity index (χ4v) is 7.67. The third-order valence-corrected chi connectivity index (χ3v) is 10.1. The Hall–Kier alpha value is -3.45. The van der Waals surface area contributed by atoms with Gasteiger partial charge in [-0.1, -0.05) is 77.1 Å². The average Bonchev–Trinajstić information content (AvgIpc) is 2.98. The molecule has 0 spiro atoms. The van der Waals surface area contributed by atoms with Crippen molar-refractivity contribution in [1.29, 1.82) is 5.26 Å². The molecule has 1 amide bonds. The lowest BCUT2D eigenvalue weighted by Gasteiger charge is -2.63. The number of nitriles is 1. The molecule has 10 heteroatoms. The minimum atomic E-state index is -3.99. The molecule has 1 N–H and O–H groups in total. The first kappa shape index (κ1) is 33.4. The van der Waals surface area contributed by atoms with Crippen LogP contribution in [0.2, 0.25) is 5.02 Å². The van der Waals surface area contributed by atoms with E-state index in [9.17, 15) is 13.2 Å². The van der Waals surface area contributed by atoms with E-state index in [1.165, 1.54) is 6.20 Å². The van der Waals surface area contributed by atoms with Crippen LogP contribution in [0.5, 0.6) is 5.75 Å². The molecule has 234 valence electrons. The van der Waals surface area contributed by atoms with Crippen molar-refractivity contribution in [2.45, 2.75) is 84.3 Å². The van der Waals surface area contributed by atoms with Gasteiger partial charge in [0, 0.05) is 34.7 Å². The van der Waals surface area contributed by atoms with Gasteiger partial charge < -0.3 is 10.1 Å². The van der Waals surface area contributed by atoms with Gasteiger partial charge in [0.1, 0.15) is 22.8 Å². The topological polar surface area (TPSA) is 118 Å². The first-order chi connectivity index (χ1) is 20.7. The van der Waals surface area contributed by atoms with Gasteiger partial charge in [0.2, 0.25) is 0 Å². The van der Waals surface area contributed by atoms with Crippen molar-refractivity contribution in [1.82, 2.24) is 10.3 Å². The first-order valence-electron chi connectivity index (χ1n) is 14.9. The Bertz CT molecular complexity index is 1650. The maximum absolute atomic E-state index is 13.4. The molecule has 0 unspecified atom stereocenters. The Morgan fingerprint density at radius 2 is 1.77 bits per heavy atom. The average molecular weight is 638 g/mol. The van der Waals surface area contributed by atoms with E-state index in [0.717, 1.165) is 24.8 Å². The quantitative estimate of drug-likeness (QED) is 0.161. The van der Waals surface area contributed by atoms with Crippen LogP contribution >= 0.6 is 11.6 Å². The Labute approximate surface area is 265 Å². The third-order valence-electron chi connectivity index (χ3n) is 8.37. The van der Waals surface area contributed by atoms with Crippen LogP contribution in [0.3, 0.4) is 0 Å². The van der Waals surface area contributed by atoms with Crippen molar-refractivity contribution >= 4 is 27.6 Å². The monoisotopic (exact) mass is 637 g/mol. The van der Waals surface area contributed by atoms with Crippen LogP contribution in [0.1, 0.15) is 81.8 Å². The Morgan fingerprint density at radius 1 is 1.05 bits per heavy atom. The highest BCUT2D eigenvalue weighted by Crippen LogP contribution is 2.55. The molecule has 1 aliphatic carbocycles. The van der Waals surface area contributed by atoms with E-state index in [1.807, 2.05) is 40.7 Å². The third kappa shape index (κ3) is 6.93. The molecule has 8 nitrogen and oxygen atoms in total. The zero-order valence-corrected chi connectivity index (χ0v) is 27.7. The zero-order valence-electron chi connectivity index (χ0n) is 26.1. The SMILES string of the molecule is CCCCCCOS(=O)(=O)c1ccc(C)cc1-c1ccc(C(=O)NC2C(C)(C)C(Oc3ccc(C#N)c(Cl)c3)C2(C)C)cn1. The smallest absolute Gasteiger partial charge is 0.297 e. The van der Waals surface area contributed by atoms with Crippen molar-refractivity contribution in [2.75, 3.05) is 6.61 Å². The number of hydrogen-bond donors (Lipinski definition) is 1. The van der Waals surface area contributed by atoms with Crippen molar-refractivity contribution in [2.24, 2.45) is 10.8 Å². The van der Waals surface area contributed by atoms with Crippen molar-refractivity contribution in [3.63, 3.8) is 0 Å². The van der Waals surface area contributed by atoms with E-state index >= 15 is 0 Å². The van der Waals surface area contributed by atoms with Crippen LogP contribution in [-0.4, -0.2) is 38.1 Å². The van der Waals surface area contributed by atoms with Gasteiger partial charge in [-0.05, 0) is 49.7 Å². The fraction of sp³-hybridized carbons (Fsp3) is 0.441. The number of aromatic nitrogens is 1. The number of amides is 1. The summed E-state index contributed by atoms with van der Waals surface area (Å²) in [5, 5.41) is 12.6. The molecule has 44 heavy (non-hydrogen) atoms. The molecule has 1 saturated carbocycles. The van der Waals surface area contributed by atoms with Gasteiger partial charge in [-0.15, -0.1) is 0 Å².